The fourth-order valence-electron chi connectivity index (χ4n) is 9.09. The molecule has 1 aliphatic rings. The van der Waals surface area contributed by atoms with Gasteiger partial charge in [-0.1, -0.05) is 151 Å². The van der Waals surface area contributed by atoms with Crippen molar-refractivity contribution < 1.29 is 21.1 Å². The van der Waals surface area contributed by atoms with Crippen molar-refractivity contribution in [2.45, 2.75) is 5.41 Å². The maximum absolute atomic E-state index is 5.00. The Morgan fingerprint density at radius 3 is 1.78 bits per heavy atom. The monoisotopic (exact) mass is 949 g/mol. The SMILES string of the molecule is [Pt+2].[c-]1c(N2CN(c3ccccc3)c3ccccc32)cccc1C(c1[c-]c2c(cc1)c1ccccc1n2-c1cc(-c2ccccc2)ccn1)(c1ccccc1)c1ccccc1. The van der Waals surface area contributed by atoms with Crippen LogP contribution in [-0.2, 0) is 26.5 Å². The molecule has 0 saturated carbocycles. The Labute approximate surface area is 364 Å². The summed E-state index contributed by atoms with van der Waals surface area (Å²) >= 11 is 0. The largest absolute Gasteiger partial charge is 2.00 e. The summed E-state index contributed by atoms with van der Waals surface area (Å²) in [5, 5.41) is 2.28. The molecule has 5 heteroatoms. The van der Waals surface area contributed by atoms with Crippen molar-refractivity contribution in [3.05, 3.63) is 253 Å². The van der Waals surface area contributed by atoms with E-state index in [1.165, 1.54) is 5.69 Å². The second-order valence-electron chi connectivity index (χ2n) is 15.0. The number of pyridine rings is 1. The molecule has 288 valence electrons. The van der Waals surface area contributed by atoms with E-state index in [4.69, 9.17) is 4.98 Å². The number of hydrogen-bond acceptors (Lipinski definition) is 3. The standard InChI is InChI=1S/C55H38N4.Pt/c1-5-18-40(19-6-1)41-34-35-56-54(36-41)59-50-29-14-13-28-48(50)49-33-32-45(38-53(49)59)55(42-20-7-2-8-21-42,43-22-9-3-10-23-43)44-24-17-27-47(37-44)58-39-57(46-25-11-4-12-26-46)51-30-15-16-31-52(51)58;/h1-36H,39H2;/q-2;+2. The number of benzene rings is 8. The Morgan fingerprint density at radius 1 is 0.467 bits per heavy atom. The van der Waals surface area contributed by atoms with Crippen LogP contribution in [0.15, 0.2) is 219 Å². The molecule has 0 N–H and O–H groups in total. The van der Waals surface area contributed by atoms with Crippen LogP contribution < -0.4 is 9.80 Å². The van der Waals surface area contributed by atoms with Gasteiger partial charge in [-0.3, -0.25) is 0 Å². The molecule has 1 aliphatic heterocycles. The molecule has 2 aromatic heterocycles. The summed E-state index contributed by atoms with van der Waals surface area (Å²) in [6.45, 7) is 0.667. The van der Waals surface area contributed by atoms with Crippen molar-refractivity contribution in [1.82, 2.24) is 9.55 Å². The zero-order valence-electron chi connectivity index (χ0n) is 32.6. The Morgan fingerprint density at radius 2 is 1.07 bits per heavy atom. The van der Waals surface area contributed by atoms with Gasteiger partial charge in [0.05, 0.1) is 18.0 Å². The van der Waals surface area contributed by atoms with Gasteiger partial charge in [0, 0.05) is 22.8 Å². The van der Waals surface area contributed by atoms with E-state index >= 15 is 0 Å². The van der Waals surface area contributed by atoms with Gasteiger partial charge in [0.2, 0.25) is 0 Å². The van der Waals surface area contributed by atoms with Gasteiger partial charge in [0.25, 0.3) is 0 Å². The van der Waals surface area contributed by atoms with Crippen molar-refractivity contribution in [3.63, 3.8) is 0 Å². The van der Waals surface area contributed by atoms with E-state index in [0.29, 0.717) is 6.67 Å². The van der Waals surface area contributed by atoms with E-state index in [9.17, 15) is 0 Å². The van der Waals surface area contributed by atoms with Crippen LogP contribution in [0.2, 0.25) is 0 Å². The molecule has 0 atom stereocenters. The zero-order valence-corrected chi connectivity index (χ0v) is 34.9. The molecule has 0 bridgehead atoms. The summed E-state index contributed by atoms with van der Waals surface area (Å²) in [5.74, 6) is 0.847. The van der Waals surface area contributed by atoms with Gasteiger partial charge >= 0.3 is 21.1 Å². The van der Waals surface area contributed by atoms with E-state index < -0.39 is 5.41 Å². The second kappa shape index (κ2) is 15.6. The molecule has 0 amide bonds. The van der Waals surface area contributed by atoms with Crippen molar-refractivity contribution in [2.24, 2.45) is 0 Å². The van der Waals surface area contributed by atoms with Crippen molar-refractivity contribution in [1.29, 1.82) is 0 Å². The molecule has 11 rings (SSSR count). The second-order valence-corrected chi connectivity index (χ2v) is 15.0. The molecule has 0 unspecified atom stereocenters. The average molecular weight is 950 g/mol. The summed E-state index contributed by atoms with van der Waals surface area (Å²) in [6.07, 6.45) is 1.91. The fraction of sp³-hybridized carbons (Fsp3) is 0.0364. The van der Waals surface area contributed by atoms with Crippen LogP contribution in [0.4, 0.5) is 22.7 Å². The summed E-state index contributed by atoms with van der Waals surface area (Å²) < 4.78 is 2.28. The average Bonchev–Trinajstić information content (AvgIpc) is 3.87. The van der Waals surface area contributed by atoms with E-state index in [1.54, 1.807) is 0 Å². The molecule has 60 heavy (non-hydrogen) atoms. The van der Waals surface area contributed by atoms with Gasteiger partial charge in [-0.2, -0.15) is 36.4 Å². The Kier molecular flexibility index (Phi) is 9.72. The molecule has 0 spiro atoms. The number of anilines is 4. The number of nitrogens with zero attached hydrogens (tertiary/aromatic N) is 4. The summed E-state index contributed by atoms with van der Waals surface area (Å²) in [7, 11) is 0. The van der Waals surface area contributed by atoms with Crippen molar-refractivity contribution >= 4 is 44.6 Å². The van der Waals surface area contributed by atoms with Gasteiger partial charge < -0.3 is 14.4 Å². The number of fused-ring (bicyclic) bond motifs is 4. The Bertz CT molecular complexity index is 3050. The minimum atomic E-state index is -0.786. The maximum atomic E-state index is 5.00. The van der Waals surface area contributed by atoms with Gasteiger partial charge in [-0.25, -0.2) is 4.98 Å². The van der Waals surface area contributed by atoms with Crippen LogP contribution in [0.5, 0.6) is 0 Å². The number of aromatic nitrogens is 2. The van der Waals surface area contributed by atoms with Gasteiger partial charge in [0.1, 0.15) is 5.82 Å². The quantitative estimate of drug-likeness (QED) is 0.112. The molecule has 0 radical (unpaired) electrons. The number of hydrogen-bond donors (Lipinski definition) is 0. The van der Waals surface area contributed by atoms with E-state index in [-0.39, 0.29) is 21.1 Å². The van der Waals surface area contributed by atoms with Crippen LogP contribution in [0.25, 0.3) is 38.8 Å². The predicted octanol–water partition coefficient (Wildman–Crippen LogP) is 13.1. The minimum Gasteiger partial charge on any atom is -0.345 e. The van der Waals surface area contributed by atoms with E-state index in [0.717, 1.165) is 78.1 Å². The van der Waals surface area contributed by atoms with Crippen molar-refractivity contribution in [3.8, 4) is 16.9 Å². The summed E-state index contributed by atoms with van der Waals surface area (Å²) in [4.78, 5) is 9.75. The van der Waals surface area contributed by atoms with Gasteiger partial charge in [-0.05, 0) is 70.1 Å². The first-order chi connectivity index (χ1) is 29.3. The predicted molar refractivity (Wildman–Crippen MR) is 242 cm³/mol. The molecular formula is C55H38N4Pt. The molecule has 10 aromatic rings. The normalized spacial score (nSPS) is 12.4. The fourth-order valence-corrected chi connectivity index (χ4v) is 9.09. The van der Waals surface area contributed by atoms with Crippen LogP contribution in [0.1, 0.15) is 22.3 Å². The number of para-hydroxylation sites is 4. The van der Waals surface area contributed by atoms with Crippen LogP contribution >= 0.6 is 0 Å². The zero-order chi connectivity index (χ0) is 39.2. The first-order valence-corrected chi connectivity index (χ1v) is 20.1. The smallest absolute Gasteiger partial charge is 0.345 e. The molecule has 0 saturated heterocycles. The third kappa shape index (κ3) is 6.15. The molecule has 0 fully saturated rings. The molecule has 8 aromatic carbocycles. The minimum absolute atomic E-state index is 0. The maximum Gasteiger partial charge on any atom is 2.00 e. The third-order valence-corrected chi connectivity index (χ3v) is 11.8. The van der Waals surface area contributed by atoms with Gasteiger partial charge in [0.15, 0.2) is 0 Å². The van der Waals surface area contributed by atoms with Crippen molar-refractivity contribution in [2.75, 3.05) is 16.5 Å². The summed E-state index contributed by atoms with van der Waals surface area (Å²) in [5.41, 5.74) is 12.3. The van der Waals surface area contributed by atoms with Crippen LogP contribution in [0, 0.1) is 12.1 Å². The molecule has 4 nitrogen and oxygen atoms in total. The van der Waals surface area contributed by atoms with Gasteiger partial charge in [-0.15, -0.1) is 22.6 Å². The van der Waals surface area contributed by atoms with Crippen LogP contribution in [-0.4, -0.2) is 16.2 Å². The molecule has 0 aliphatic carbocycles. The topological polar surface area (TPSA) is 24.3 Å². The number of rotatable bonds is 8. The first-order valence-electron chi connectivity index (χ1n) is 20.1. The van der Waals surface area contributed by atoms with E-state index in [1.807, 2.05) is 6.20 Å². The summed E-state index contributed by atoms with van der Waals surface area (Å²) in [6, 6.07) is 83.7. The molecular weight excluding hydrogens is 912 g/mol. The Balaban J connectivity index is 0.00000433. The van der Waals surface area contributed by atoms with E-state index in [2.05, 4.69) is 239 Å². The third-order valence-electron chi connectivity index (χ3n) is 11.8. The first kappa shape index (κ1) is 37.3. The molecule has 3 heterocycles. The Hall–Kier alpha value is -7.00. The van der Waals surface area contributed by atoms with Crippen LogP contribution in [0.3, 0.4) is 0 Å².